The zero-order valence-electron chi connectivity index (χ0n) is 13.6. The summed E-state index contributed by atoms with van der Waals surface area (Å²) in [7, 11) is 1.64. The maximum Gasteiger partial charge on any atom is 0.159 e. The molecule has 1 aromatic carbocycles. The largest absolute Gasteiger partial charge is 0.496 e. The van der Waals surface area contributed by atoms with Gasteiger partial charge in [0.15, 0.2) is 5.78 Å². The molecule has 0 spiro atoms. The molecule has 0 bridgehead atoms. The van der Waals surface area contributed by atoms with Gasteiger partial charge in [-0.25, -0.2) is 0 Å². The molecular formula is C18H28O3. The van der Waals surface area contributed by atoms with Crippen LogP contribution < -0.4 is 4.74 Å². The monoisotopic (exact) mass is 292 g/mol. The molecule has 3 heteroatoms. The second-order valence-corrected chi connectivity index (χ2v) is 5.40. The fourth-order valence-electron chi connectivity index (χ4n) is 2.28. The summed E-state index contributed by atoms with van der Waals surface area (Å²) in [5.41, 5.74) is 1.64. The van der Waals surface area contributed by atoms with Gasteiger partial charge < -0.3 is 9.47 Å². The summed E-state index contributed by atoms with van der Waals surface area (Å²) >= 11 is 0. The highest BCUT2D eigenvalue weighted by molar-refractivity contribution is 5.94. The van der Waals surface area contributed by atoms with Gasteiger partial charge in [-0.15, -0.1) is 0 Å². The normalized spacial score (nSPS) is 10.6. The summed E-state index contributed by atoms with van der Waals surface area (Å²) in [6.07, 6.45) is 7.55. The van der Waals surface area contributed by atoms with E-state index in [9.17, 15) is 4.79 Å². The van der Waals surface area contributed by atoms with Crippen molar-refractivity contribution >= 4 is 5.78 Å². The van der Waals surface area contributed by atoms with E-state index in [1.807, 2.05) is 12.1 Å². The van der Waals surface area contributed by atoms with E-state index in [-0.39, 0.29) is 5.78 Å². The van der Waals surface area contributed by atoms with Crippen molar-refractivity contribution in [2.75, 3.05) is 13.7 Å². The second-order valence-electron chi connectivity index (χ2n) is 5.40. The zero-order chi connectivity index (χ0) is 15.5. The van der Waals surface area contributed by atoms with Gasteiger partial charge in [-0.05, 0) is 31.5 Å². The van der Waals surface area contributed by atoms with Crippen LogP contribution in [0, 0.1) is 0 Å². The number of methoxy groups -OCH3 is 1. The molecule has 0 aliphatic heterocycles. The quantitative estimate of drug-likeness (QED) is 0.435. The van der Waals surface area contributed by atoms with E-state index in [2.05, 4.69) is 6.92 Å². The Bertz CT molecular complexity index is 426. The van der Waals surface area contributed by atoms with Gasteiger partial charge in [-0.1, -0.05) is 39.0 Å². The standard InChI is InChI=1S/C18H28O3/c1-4-5-6-7-8-9-12-21-14-17-13-16(15(2)19)10-11-18(17)20-3/h10-11,13H,4-9,12,14H2,1-3H3. The molecule has 118 valence electrons. The molecule has 0 amide bonds. The third-order valence-corrected chi connectivity index (χ3v) is 3.59. The molecule has 1 aromatic rings. The number of benzene rings is 1. The van der Waals surface area contributed by atoms with Gasteiger partial charge in [0.25, 0.3) is 0 Å². The minimum Gasteiger partial charge on any atom is -0.496 e. The van der Waals surface area contributed by atoms with E-state index in [0.717, 1.165) is 24.3 Å². The highest BCUT2D eigenvalue weighted by Crippen LogP contribution is 2.21. The molecule has 0 atom stereocenters. The smallest absolute Gasteiger partial charge is 0.159 e. The van der Waals surface area contributed by atoms with Crippen LogP contribution in [0.4, 0.5) is 0 Å². The lowest BCUT2D eigenvalue weighted by molar-refractivity contribution is 0.101. The van der Waals surface area contributed by atoms with Crippen LogP contribution in [0.15, 0.2) is 18.2 Å². The molecule has 0 aliphatic carbocycles. The first-order chi connectivity index (χ1) is 10.2. The predicted molar refractivity (Wildman–Crippen MR) is 86.0 cm³/mol. The first kappa shape index (κ1) is 17.7. The molecule has 1 rings (SSSR count). The zero-order valence-corrected chi connectivity index (χ0v) is 13.6. The van der Waals surface area contributed by atoms with E-state index >= 15 is 0 Å². The van der Waals surface area contributed by atoms with Crippen LogP contribution in [0.25, 0.3) is 0 Å². The highest BCUT2D eigenvalue weighted by atomic mass is 16.5. The molecule has 0 aromatic heterocycles. The third-order valence-electron chi connectivity index (χ3n) is 3.59. The average Bonchev–Trinajstić information content (AvgIpc) is 2.49. The van der Waals surface area contributed by atoms with Crippen LogP contribution in [0.5, 0.6) is 5.75 Å². The lowest BCUT2D eigenvalue weighted by Gasteiger charge is -2.10. The highest BCUT2D eigenvalue weighted by Gasteiger charge is 2.07. The summed E-state index contributed by atoms with van der Waals surface area (Å²) in [5.74, 6) is 0.845. The fraction of sp³-hybridized carbons (Fsp3) is 0.611. The van der Waals surface area contributed by atoms with Gasteiger partial charge in [-0.2, -0.15) is 0 Å². The molecule has 0 aliphatic rings. The van der Waals surface area contributed by atoms with Crippen molar-refractivity contribution in [1.82, 2.24) is 0 Å². The van der Waals surface area contributed by atoms with Crippen molar-refractivity contribution in [3.05, 3.63) is 29.3 Å². The fourth-order valence-corrected chi connectivity index (χ4v) is 2.28. The van der Waals surface area contributed by atoms with Crippen molar-refractivity contribution in [3.63, 3.8) is 0 Å². The minimum absolute atomic E-state index is 0.0647. The topological polar surface area (TPSA) is 35.5 Å². The number of hydrogen-bond acceptors (Lipinski definition) is 3. The summed E-state index contributed by atoms with van der Waals surface area (Å²) in [4.78, 5) is 11.4. The number of unbranched alkanes of at least 4 members (excludes halogenated alkanes) is 5. The third kappa shape index (κ3) is 6.76. The molecular weight excluding hydrogens is 264 g/mol. The molecule has 0 saturated heterocycles. The number of Topliss-reactive ketones (excluding diaryl/α,β-unsaturated/α-hetero) is 1. The average molecular weight is 292 g/mol. The molecule has 3 nitrogen and oxygen atoms in total. The van der Waals surface area contributed by atoms with Crippen molar-refractivity contribution < 1.29 is 14.3 Å². The SMILES string of the molecule is CCCCCCCCOCc1cc(C(C)=O)ccc1OC. The first-order valence-corrected chi connectivity index (χ1v) is 7.94. The number of hydrogen-bond donors (Lipinski definition) is 0. The number of carbonyl (C=O) groups is 1. The Morgan fingerprint density at radius 3 is 2.48 bits per heavy atom. The van der Waals surface area contributed by atoms with Crippen LogP contribution in [0.2, 0.25) is 0 Å². The summed E-state index contributed by atoms with van der Waals surface area (Å²) in [6, 6.07) is 5.49. The predicted octanol–water partition coefficient (Wildman–Crippen LogP) is 4.77. The molecule has 0 radical (unpaired) electrons. The second kappa shape index (κ2) is 10.4. The van der Waals surface area contributed by atoms with Gasteiger partial charge >= 0.3 is 0 Å². The van der Waals surface area contributed by atoms with Gasteiger partial charge in [0.05, 0.1) is 13.7 Å². The number of ketones is 1. The maximum atomic E-state index is 11.4. The van der Waals surface area contributed by atoms with E-state index in [1.165, 1.54) is 32.1 Å². The Labute approximate surface area is 128 Å². The number of rotatable bonds is 11. The van der Waals surface area contributed by atoms with Crippen molar-refractivity contribution in [3.8, 4) is 5.75 Å². The first-order valence-electron chi connectivity index (χ1n) is 7.94. The Morgan fingerprint density at radius 1 is 1.10 bits per heavy atom. The van der Waals surface area contributed by atoms with Crippen LogP contribution in [0.3, 0.4) is 0 Å². The van der Waals surface area contributed by atoms with E-state index in [0.29, 0.717) is 12.2 Å². The lowest BCUT2D eigenvalue weighted by atomic mass is 10.1. The molecule has 0 N–H and O–H groups in total. The Balaban J connectivity index is 2.33. The molecule has 0 unspecified atom stereocenters. The molecule has 21 heavy (non-hydrogen) atoms. The molecule has 0 saturated carbocycles. The Morgan fingerprint density at radius 2 is 1.81 bits per heavy atom. The van der Waals surface area contributed by atoms with Crippen LogP contribution in [-0.4, -0.2) is 19.5 Å². The van der Waals surface area contributed by atoms with Crippen LogP contribution in [0.1, 0.15) is 68.3 Å². The van der Waals surface area contributed by atoms with Crippen LogP contribution in [-0.2, 0) is 11.3 Å². The van der Waals surface area contributed by atoms with Crippen LogP contribution >= 0.6 is 0 Å². The van der Waals surface area contributed by atoms with Crippen molar-refractivity contribution in [2.24, 2.45) is 0 Å². The Hall–Kier alpha value is -1.35. The van der Waals surface area contributed by atoms with Gasteiger partial charge in [-0.3, -0.25) is 4.79 Å². The summed E-state index contributed by atoms with van der Waals surface area (Å²) < 4.78 is 11.0. The summed E-state index contributed by atoms with van der Waals surface area (Å²) in [5, 5.41) is 0. The summed E-state index contributed by atoms with van der Waals surface area (Å²) in [6.45, 7) is 5.06. The van der Waals surface area contributed by atoms with Gasteiger partial charge in [0.2, 0.25) is 0 Å². The van der Waals surface area contributed by atoms with Gasteiger partial charge in [0, 0.05) is 17.7 Å². The number of ether oxygens (including phenoxy) is 2. The maximum absolute atomic E-state index is 11.4. The Kier molecular flexibility index (Phi) is 8.76. The lowest BCUT2D eigenvalue weighted by Crippen LogP contribution is -2.01. The van der Waals surface area contributed by atoms with E-state index in [4.69, 9.17) is 9.47 Å². The van der Waals surface area contributed by atoms with Gasteiger partial charge in [0.1, 0.15) is 5.75 Å². The molecule has 0 heterocycles. The number of carbonyl (C=O) groups excluding carboxylic acids is 1. The van der Waals surface area contributed by atoms with Crippen molar-refractivity contribution in [1.29, 1.82) is 0 Å². The van der Waals surface area contributed by atoms with E-state index in [1.54, 1.807) is 20.1 Å². The minimum atomic E-state index is 0.0647. The van der Waals surface area contributed by atoms with E-state index < -0.39 is 0 Å². The van der Waals surface area contributed by atoms with Crippen molar-refractivity contribution in [2.45, 2.75) is 59.0 Å². The molecule has 0 fully saturated rings.